The summed E-state index contributed by atoms with van der Waals surface area (Å²) >= 11 is 4.70. The summed E-state index contributed by atoms with van der Waals surface area (Å²) in [7, 11) is 0. The van der Waals surface area contributed by atoms with Crippen LogP contribution in [0.5, 0.6) is 0 Å². The van der Waals surface area contributed by atoms with Crippen molar-refractivity contribution in [2.24, 2.45) is 0 Å². The van der Waals surface area contributed by atoms with E-state index in [0.29, 0.717) is 10.9 Å². The average molecular weight is 335 g/mol. The maximum Gasteiger partial charge on any atom is 0.236 e. The molecule has 1 aromatic carbocycles. The van der Waals surface area contributed by atoms with Gasteiger partial charge >= 0.3 is 0 Å². The van der Waals surface area contributed by atoms with Gasteiger partial charge in [-0.1, -0.05) is 12.1 Å². The lowest BCUT2D eigenvalue weighted by Crippen LogP contribution is -2.13. The first-order valence-electron chi connectivity index (χ1n) is 6.35. The number of thioether (sulfide) groups is 1. The largest absolute Gasteiger partial charge is 0.301 e. The molecule has 108 valence electrons. The number of fused-ring (bicyclic) bond motifs is 1. The van der Waals surface area contributed by atoms with Gasteiger partial charge in [-0.2, -0.15) is 0 Å². The third-order valence-electron chi connectivity index (χ3n) is 2.66. The fourth-order valence-electron chi connectivity index (χ4n) is 1.78. The van der Waals surface area contributed by atoms with Crippen molar-refractivity contribution < 1.29 is 4.79 Å². The highest BCUT2D eigenvalue weighted by molar-refractivity contribution is 7.99. The predicted molar refractivity (Wildman–Crippen MR) is 91.3 cm³/mol. The minimum absolute atomic E-state index is 0.0181. The van der Waals surface area contributed by atoms with Crippen LogP contribution in [0.4, 0.5) is 5.13 Å². The van der Waals surface area contributed by atoms with E-state index in [9.17, 15) is 4.79 Å². The maximum atomic E-state index is 11.8. The SMILES string of the molecule is Cc1csc(NC(=O)CSCc2nc3ccccc3s2)n1. The minimum Gasteiger partial charge on any atom is -0.301 e. The van der Waals surface area contributed by atoms with E-state index in [4.69, 9.17) is 0 Å². The van der Waals surface area contributed by atoms with Crippen molar-refractivity contribution in [1.29, 1.82) is 0 Å². The lowest BCUT2D eigenvalue weighted by molar-refractivity contribution is -0.113. The highest BCUT2D eigenvalue weighted by atomic mass is 32.2. The number of nitrogens with one attached hydrogen (secondary N) is 1. The summed E-state index contributed by atoms with van der Waals surface area (Å²) in [5, 5.41) is 6.45. The number of aromatic nitrogens is 2. The smallest absolute Gasteiger partial charge is 0.236 e. The maximum absolute atomic E-state index is 11.8. The molecule has 0 spiro atoms. The number of amides is 1. The molecule has 0 saturated carbocycles. The van der Waals surface area contributed by atoms with Crippen molar-refractivity contribution in [2.75, 3.05) is 11.1 Å². The van der Waals surface area contributed by atoms with Gasteiger partial charge < -0.3 is 5.32 Å². The molecule has 0 bridgehead atoms. The highest BCUT2D eigenvalue weighted by Gasteiger charge is 2.07. The van der Waals surface area contributed by atoms with Gasteiger partial charge in [-0.25, -0.2) is 9.97 Å². The number of rotatable bonds is 5. The van der Waals surface area contributed by atoms with Crippen LogP contribution >= 0.6 is 34.4 Å². The Hall–Kier alpha value is -1.44. The van der Waals surface area contributed by atoms with Gasteiger partial charge in [0.1, 0.15) is 5.01 Å². The van der Waals surface area contributed by atoms with Gasteiger partial charge in [-0.3, -0.25) is 4.79 Å². The van der Waals surface area contributed by atoms with Crippen molar-refractivity contribution in [3.05, 3.63) is 40.3 Å². The molecular weight excluding hydrogens is 322 g/mol. The van der Waals surface area contributed by atoms with E-state index in [1.165, 1.54) is 16.0 Å². The fourth-order valence-corrected chi connectivity index (χ4v) is 4.33. The number of nitrogens with zero attached hydrogens (tertiary/aromatic N) is 2. The molecule has 3 rings (SSSR count). The van der Waals surface area contributed by atoms with Crippen LogP contribution in [0.1, 0.15) is 10.7 Å². The van der Waals surface area contributed by atoms with Crippen LogP contribution in [0, 0.1) is 6.92 Å². The third kappa shape index (κ3) is 3.81. The van der Waals surface area contributed by atoms with Crippen molar-refractivity contribution >= 4 is 55.7 Å². The molecule has 0 saturated heterocycles. The van der Waals surface area contributed by atoms with E-state index in [1.807, 2.05) is 30.5 Å². The van der Waals surface area contributed by atoms with Gasteiger partial charge in [0.2, 0.25) is 5.91 Å². The Bertz CT molecular complexity index is 733. The number of carbonyl (C=O) groups excluding carboxylic acids is 1. The second-order valence-electron chi connectivity index (χ2n) is 4.41. The van der Waals surface area contributed by atoms with E-state index in [0.717, 1.165) is 22.0 Å². The first-order valence-corrected chi connectivity index (χ1v) is 9.20. The number of anilines is 1. The molecule has 0 aliphatic rings. The summed E-state index contributed by atoms with van der Waals surface area (Å²) in [6, 6.07) is 8.08. The molecule has 2 aromatic heterocycles. The average Bonchev–Trinajstić information content (AvgIpc) is 3.04. The number of benzene rings is 1. The zero-order valence-electron chi connectivity index (χ0n) is 11.3. The van der Waals surface area contributed by atoms with Crippen LogP contribution in [-0.2, 0) is 10.5 Å². The van der Waals surface area contributed by atoms with E-state index >= 15 is 0 Å². The van der Waals surface area contributed by atoms with Crippen molar-refractivity contribution in [3.63, 3.8) is 0 Å². The zero-order valence-corrected chi connectivity index (χ0v) is 13.8. The van der Waals surface area contributed by atoms with Gasteiger partial charge in [0, 0.05) is 11.1 Å². The fraction of sp³-hybridized carbons (Fsp3) is 0.214. The van der Waals surface area contributed by atoms with Gasteiger partial charge in [-0.05, 0) is 19.1 Å². The lowest BCUT2D eigenvalue weighted by Gasteiger charge is -2.00. The first-order chi connectivity index (χ1) is 10.2. The van der Waals surface area contributed by atoms with Gasteiger partial charge in [0.15, 0.2) is 5.13 Å². The summed E-state index contributed by atoms with van der Waals surface area (Å²) in [6.45, 7) is 1.91. The Morgan fingerprint density at radius 1 is 1.33 bits per heavy atom. The molecule has 0 aliphatic heterocycles. The van der Waals surface area contributed by atoms with E-state index in [-0.39, 0.29) is 5.91 Å². The summed E-state index contributed by atoms with van der Waals surface area (Å²) < 4.78 is 1.19. The molecule has 1 N–H and O–H groups in total. The van der Waals surface area contributed by atoms with Crippen molar-refractivity contribution in [2.45, 2.75) is 12.7 Å². The molecule has 21 heavy (non-hydrogen) atoms. The number of hydrogen-bond acceptors (Lipinski definition) is 6. The summed E-state index contributed by atoms with van der Waals surface area (Å²) in [4.78, 5) is 20.6. The normalized spacial score (nSPS) is 10.9. The Kier molecular flexibility index (Phi) is 4.52. The Labute approximate surface area is 134 Å². The van der Waals surface area contributed by atoms with E-state index < -0.39 is 0 Å². The first kappa shape index (κ1) is 14.5. The van der Waals surface area contributed by atoms with Crippen LogP contribution in [0.25, 0.3) is 10.2 Å². The molecule has 3 aromatic rings. The lowest BCUT2D eigenvalue weighted by atomic mass is 10.3. The van der Waals surface area contributed by atoms with Crippen LogP contribution in [0.2, 0.25) is 0 Å². The van der Waals surface area contributed by atoms with E-state index in [1.54, 1.807) is 23.1 Å². The molecule has 0 unspecified atom stereocenters. The van der Waals surface area contributed by atoms with Crippen molar-refractivity contribution in [3.8, 4) is 0 Å². The molecule has 2 heterocycles. The predicted octanol–water partition coefficient (Wildman–Crippen LogP) is 3.93. The molecule has 0 radical (unpaired) electrons. The Balaban J connectivity index is 1.50. The number of para-hydroxylation sites is 1. The van der Waals surface area contributed by atoms with Crippen LogP contribution in [0.3, 0.4) is 0 Å². The van der Waals surface area contributed by atoms with Crippen LogP contribution < -0.4 is 5.32 Å². The highest BCUT2D eigenvalue weighted by Crippen LogP contribution is 2.24. The zero-order chi connectivity index (χ0) is 14.7. The van der Waals surface area contributed by atoms with Crippen molar-refractivity contribution in [1.82, 2.24) is 9.97 Å². The molecule has 0 atom stereocenters. The van der Waals surface area contributed by atoms with Gasteiger partial charge in [0.25, 0.3) is 0 Å². The topological polar surface area (TPSA) is 54.9 Å². The molecule has 0 fully saturated rings. The van der Waals surface area contributed by atoms with Gasteiger partial charge in [-0.15, -0.1) is 34.4 Å². The number of hydrogen-bond donors (Lipinski definition) is 1. The molecule has 7 heteroatoms. The molecule has 4 nitrogen and oxygen atoms in total. The summed E-state index contributed by atoms with van der Waals surface area (Å²) in [6.07, 6.45) is 0. The molecular formula is C14H13N3OS3. The number of aryl methyl sites for hydroxylation is 1. The monoisotopic (exact) mass is 335 g/mol. The standard InChI is InChI=1S/C14H13N3OS3/c1-9-6-20-14(15-9)17-12(18)7-19-8-13-16-10-4-2-3-5-11(10)21-13/h2-6H,7-8H2,1H3,(H,15,17,18). The summed E-state index contributed by atoms with van der Waals surface area (Å²) in [5.74, 6) is 1.15. The Morgan fingerprint density at radius 3 is 2.95 bits per heavy atom. The third-order valence-corrected chi connectivity index (χ3v) is 5.70. The summed E-state index contributed by atoms with van der Waals surface area (Å²) in [5.41, 5.74) is 1.96. The number of carbonyl (C=O) groups is 1. The molecule has 0 aliphatic carbocycles. The van der Waals surface area contributed by atoms with Crippen LogP contribution in [-0.4, -0.2) is 21.6 Å². The second kappa shape index (κ2) is 6.55. The van der Waals surface area contributed by atoms with Gasteiger partial charge in [0.05, 0.1) is 21.7 Å². The Morgan fingerprint density at radius 2 is 2.19 bits per heavy atom. The second-order valence-corrected chi connectivity index (χ2v) is 7.37. The van der Waals surface area contributed by atoms with Crippen LogP contribution in [0.15, 0.2) is 29.6 Å². The minimum atomic E-state index is -0.0181. The van der Waals surface area contributed by atoms with E-state index in [2.05, 4.69) is 21.4 Å². The number of thiazole rings is 2. The molecule has 1 amide bonds. The quantitative estimate of drug-likeness (QED) is 0.767.